The second kappa shape index (κ2) is 7.10. The molecule has 0 bridgehead atoms. The van der Waals surface area contributed by atoms with E-state index in [1.165, 1.54) is 22.3 Å². The summed E-state index contributed by atoms with van der Waals surface area (Å²) in [7, 11) is 1.75. The largest absolute Gasteiger partial charge is 0.496 e. The number of halogens is 1. The Morgan fingerprint density at radius 2 is 1.76 bits per heavy atom. The summed E-state index contributed by atoms with van der Waals surface area (Å²) in [5.74, 6) is 0.976. The van der Waals surface area contributed by atoms with Crippen molar-refractivity contribution in [2.75, 3.05) is 13.7 Å². The molecular weight excluding hydrogens is 326 g/mol. The van der Waals surface area contributed by atoms with Crippen molar-refractivity contribution >= 4 is 15.9 Å². The zero-order valence-corrected chi connectivity index (χ0v) is 14.6. The van der Waals surface area contributed by atoms with Gasteiger partial charge in [0.05, 0.1) is 13.2 Å². The Bertz CT molecular complexity index is 607. The van der Waals surface area contributed by atoms with E-state index < -0.39 is 0 Å². The van der Waals surface area contributed by atoms with Crippen LogP contribution >= 0.6 is 15.9 Å². The molecule has 112 valence electrons. The van der Waals surface area contributed by atoms with Crippen molar-refractivity contribution in [2.45, 2.75) is 26.8 Å². The van der Waals surface area contributed by atoms with Gasteiger partial charge in [-0.3, -0.25) is 0 Å². The highest BCUT2D eigenvalue weighted by Gasteiger charge is 2.19. The first-order chi connectivity index (χ1) is 10.1. The molecule has 0 amide bonds. The molecule has 1 N–H and O–H groups in total. The van der Waals surface area contributed by atoms with E-state index in [0.29, 0.717) is 0 Å². The fourth-order valence-electron chi connectivity index (χ4n) is 2.58. The Morgan fingerprint density at radius 3 is 2.33 bits per heavy atom. The Labute approximate surface area is 135 Å². The third-order valence-electron chi connectivity index (χ3n) is 3.83. The first-order valence-electron chi connectivity index (χ1n) is 7.21. The summed E-state index contributed by atoms with van der Waals surface area (Å²) in [4.78, 5) is 0. The molecule has 0 radical (unpaired) electrons. The van der Waals surface area contributed by atoms with E-state index in [1.807, 2.05) is 0 Å². The predicted molar refractivity (Wildman–Crippen MR) is 92.1 cm³/mol. The summed E-state index contributed by atoms with van der Waals surface area (Å²) >= 11 is 3.49. The van der Waals surface area contributed by atoms with Crippen LogP contribution < -0.4 is 10.1 Å². The minimum absolute atomic E-state index is 0.136. The molecule has 1 atom stereocenters. The van der Waals surface area contributed by atoms with E-state index in [-0.39, 0.29) is 6.04 Å². The molecule has 0 saturated heterocycles. The number of hydrogen-bond donors (Lipinski definition) is 1. The molecule has 2 nitrogen and oxygen atoms in total. The summed E-state index contributed by atoms with van der Waals surface area (Å²) < 4.78 is 6.77. The van der Waals surface area contributed by atoms with Crippen molar-refractivity contribution < 1.29 is 4.74 Å². The van der Waals surface area contributed by atoms with E-state index in [4.69, 9.17) is 4.74 Å². The molecule has 3 heteroatoms. The highest BCUT2D eigenvalue weighted by atomic mass is 79.9. The lowest BCUT2D eigenvalue weighted by Gasteiger charge is -2.23. The van der Waals surface area contributed by atoms with E-state index in [0.717, 1.165) is 16.8 Å². The molecule has 0 aliphatic rings. The molecular formula is C18H22BrNO. The van der Waals surface area contributed by atoms with Gasteiger partial charge in [0.1, 0.15) is 5.75 Å². The Morgan fingerprint density at radius 1 is 1.10 bits per heavy atom. The third kappa shape index (κ3) is 3.47. The van der Waals surface area contributed by atoms with Crippen LogP contribution in [0.3, 0.4) is 0 Å². The number of nitrogens with one attached hydrogen (secondary N) is 1. The average molecular weight is 348 g/mol. The second-order valence-corrected chi connectivity index (χ2v) is 6.09. The normalized spacial score (nSPS) is 12.2. The Kier molecular flexibility index (Phi) is 5.43. The number of aryl methyl sites for hydroxylation is 1. The van der Waals surface area contributed by atoms with E-state index >= 15 is 0 Å². The molecule has 0 fully saturated rings. The van der Waals surface area contributed by atoms with E-state index in [2.05, 4.69) is 78.4 Å². The van der Waals surface area contributed by atoms with Gasteiger partial charge in [0.15, 0.2) is 0 Å². The lowest BCUT2D eigenvalue weighted by atomic mass is 9.94. The van der Waals surface area contributed by atoms with Crippen LogP contribution in [-0.4, -0.2) is 13.7 Å². The lowest BCUT2D eigenvalue weighted by Crippen LogP contribution is -2.22. The van der Waals surface area contributed by atoms with Gasteiger partial charge in [-0.25, -0.2) is 0 Å². The van der Waals surface area contributed by atoms with Crippen molar-refractivity contribution in [3.63, 3.8) is 0 Å². The Hall–Kier alpha value is -1.32. The lowest BCUT2D eigenvalue weighted by molar-refractivity contribution is 0.401. The van der Waals surface area contributed by atoms with Gasteiger partial charge in [-0.15, -0.1) is 0 Å². The van der Waals surface area contributed by atoms with Gasteiger partial charge in [0, 0.05) is 10.0 Å². The number of methoxy groups -OCH3 is 1. The molecule has 21 heavy (non-hydrogen) atoms. The SMILES string of the molecule is CCNC(c1ccc(Br)cc1)c1ccc(C)c(C)c1OC. The standard InChI is InChI=1S/C18H22BrNO/c1-5-20-17(14-7-9-15(19)10-8-14)16-11-6-12(2)13(3)18(16)21-4/h6-11,17,20H,5H2,1-4H3. The summed E-state index contributed by atoms with van der Waals surface area (Å²) in [5, 5.41) is 3.56. The van der Waals surface area contributed by atoms with Gasteiger partial charge in [0.2, 0.25) is 0 Å². The summed E-state index contributed by atoms with van der Waals surface area (Å²) in [5.41, 5.74) is 4.88. The van der Waals surface area contributed by atoms with Crippen LogP contribution in [-0.2, 0) is 0 Å². The van der Waals surface area contributed by atoms with Crippen LogP contribution in [0.25, 0.3) is 0 Å². The molecule has 2 aromatic carbocycles. The quantitative estimate of drug-likeness (QED) is 0.840. The van der Waals surface area contributed by atoms with Gasteiger partial charge in [-0.05, 0) is 49.2 Å². The number of hydrogen-bond acceptors (Lipinski definition) is 2. The van der Waals surface area contributed by atoms with Crippen LogP contribution in [0.2, 0.25) is 0 Å². The summed E-state index contributed by atoms with van der Waals surface area (Å²) in [6.45, 7) is 7.25. The van der Waals surface area contributed by atoms with Crippen molar-refractivity contribution in [3.05, 3.63) is 63.1 Å². The van der Waals surface area contributed by atoms with Crippen molar-refractivity contribution in [3.8, 4) is 5.75 Å². The fraction of sp³-hybridized carbons (Fsp3) is 0.333. The van der Waals surface area contributed by atoms with Crippen molar-refractivity contribution in [1.82, 2.24) is 5.32 Å². The highest BCUT2D eigenvalue weighted by Crippen LogP contribution is 2.34. The van der Waals surface area contributed by atoms with Crippen molar-refractivity contribution in [2.24, 2.45) is 0 Å². The van der Waals surface area contributed by atoms with Gasteiger partial charge >= 0.3 is 0 Å². The first-order valence-corrected chi connectivity index (χ1v) is 8.00. The molecule has 0 aromatic heterocycles. The fourth-order valence-corrected chi connectivity index (χ4v) is 2.84. The number of benzene rings is 2. The van der Waals surface area contributed by atoms with Gasteiger partial charge in [-0.2, -0.15) is 0 Å². The molecule has 0 saturated carbocycles. The van der Waals surface area contributed by atoms with Gasteiger partial charge in [0.25, 0.3) is 0 Å². The number of rotatable bonds is 5. The minimum Gasteiger partial charge on any atom is -0.496 e. The highest BCUT2D eigenvalue weighted by molar-refractivity contribution is 9.10. The summed E-state index contributed by atoms with van der Waals surface area (Å²) in [6, 6.07) is 12.9. The molecule has 0 aliphatic carbocycles. The van der Waals surface area contributed by atoms with Gasteiger partial charge in [-0.1, -0.05) is 47.1 Å². The molecule has 0 spiro atoms. The maximum Gasteiger partial charge on any atom is 0.127 e. The molecule has 1 unspecified atom stereocenters. The Balaban J connectivity index is 2.52. The van der Waals surface area contributed by atoms with Gasteiger partial charge < -0.3 is 10.1 Å². The zero-order chi connectivity index (χ0) is 15.4. The maximum atomic E-state index is 5.68. The van der Waals surface area contributed by atoms with Crippen LogP contribution in [0.4, 0.5) is 0 Å². The predicted octanol–water partition coefficient (Wildman–Crippen LogP) is 4.77. The molecule has 0 aliphatic heterocycles. The first kappa shape index (κ1) is 16.1. The average Bonchev–Trinajstić information content (AvgIpc) is 2.49. The van der Waals surface area contributed by atoms with Crippen LogP contribution in [0.1, 0.15) is 35.2 Å². The zero-order valence-electron chi connectivity index (χ0n) is 13.0. The second-order valence-electron chi connectivity index (χ2n) is 5.17. The third-order valence-corrected chi connectivity index (χ3v) is 4.36. The monoisotopic (exact) mass is 347 g/mol. The maximum absolute atomic E-state index is 5.68. The van der Waals surface area contributed by atoms with Crippen molar-refractivity contribution in [1.29, 1.82) is 0 Å². The number of ether oxygens (including phenoxy) is 1. The molecule has 2 rings (SSSR count). The topological polar surface area (TPSA) is 21.3 Å². The minimum atomic E-state index is 0.136. The smallest absolute Gasteiger partial charge is 0.127 e. The van der Waals surface area contributed by atoms with E-state index in [1.54, 1.807) is 7.11 Å². The molecule has 2 aromatic rings. The van der Waals surface area contributed by atoms with Crippen LogP contribution in [0, 0.1) is 13.8 Å². The summed E-state index contributed by atoms with van der Waals surface area (Å²) in [6.07, 6.45) is 0. The molecule has 0 heterocycles. The van der Waals surface area contributed by atoms with Crippen LogP contribution in [0.5, 0.6) is 5.75 Å². The van der Waals surface area contributed by atoms with E-state index in [9.17, 15) is 0 Å². The van der Waals surface area contributed by atoms with Crippen LogP contribution in [0.15, 0.2) is 40.9 Å².